The van der Waals surface area contributed by atoms with Gasteiger partial charge in [-0.3, -0.25) is 14.4 Å². The maximum absolute atomic E-state index is 14.3. The molecule has 38 heavy (non-hydrogen) atoms. The zero-order chi connectivity index (χ0) is 28.2. The molecule has 1 aromatic heterocycles. The second-order valence-corrected chi connectivity index (χ2v) is 10.1. The molecule has 1 aliphatic heterocycles. The lowest BCUT2D eigenvalue weighted by atomic mass is 9.86. The molecule has 3 aromatic rings. The van der Waals surface area contributed by atoms with E-state index in [1.807, 2.05) is 13.8 Å². The van der Waals surface area contributed by atoms with Crippen molar-refractivity contribution in [3.8, 4) is 0 Å². The molecule has 13 heteroatoms. The summed E-state index contributed by atoms with van der Waals surface area (Å²) in [6.07, 6.45) is -5.64. The van der Waals surface area contributed by atoms with E-state index in [2.05, 4.69) is 15.2 Å². The van der Waals surface area contributed by atoms with Gasteiger partial charge >= 0.3 is 6.18 Å². The number of amides is 1. The largest absolute Gasteiger partial charge is 0.435 e. The number of aromatic nitrogens is 3. The molecular formula is C25H23Cl2F4N5O2. The number of rotatable bonds is 5. The Morgan fingerprint density at radius 1 is 1.18 bits per heavy atom. The summed E-state index contributed by atoms with van der Waals surface area (Å²) >= 11 is 11.5. The number of carbonyl (C=O) groups excluding carboxylic acids is 1. The summed E-state index contributed by atoms with van der Waals surface area (Å²) in [5.41, 5.74) is -2.26. The quantitative estimate of drug-likeness (QED) is 0.257. The van der Waals surface area contributed by atoms with Gasteiger partial charge in [0.15, 0.2) is 5.82 Å². The number of nitrogens with zero attached hydrogens (tertiary/aromatic N) is 5. The van der Waals surface area contributed by atoms with Gasteiger partial charge in [0.1, 0.15) is 5.82 Å². The van der Waals surface area contributed by atoms with E-state index in [0.29, 0.717) is 22.5 Å². The van der Waals surface area contributed by atoms with E-state index in [1.165, 1.54) is 17.0 Å². The van der Waals surface area contributed by atoms with Crippen molar-refractivity contribution < 1.29 is 27.2 Å². The van der Waals surface area contributed by atoms with Crippen LogP contribution in [0.5, 0.6) is 0 Å². The fraction of sp³-hybridized carbons (Fsp3) is 0.360. The Morgan fingerprint density at radius 2 is 1.82 bits per heavy atom. The third kappa shape index (κ3) is 4.73. The van der Waals surface area contributed by atoms with Gasteiger partial charge in [-0.1, -0.05) is 48.3 Å². The Hall–Kier alpha value is -3.18. The van der Waals surface area contributed by atoms with Crippen LogP contribution in [0.1, 0.15) is 59.1 Å². The van der Waals surface area contributed by atoms with Crippen LogP contribution in [0, 0.1) is 12.7 Å². The lowest BCUT2D eigenvalue weighted by molar-refractivity contribution is -0.275. The molecule has 1 amide bonds. The van der Waals surface area contributed by atoms with Gasteiger partial charge in [-0.25, -0.2) is 4.39 Å². The highest BCUT2D eigenvalue weighted by Crippen LogP contribution is 2.50. The highest BCUT2D eigenvalue weighted by Gasteiger charge is 2.62. The maximum atomic E-state index is 14.3. The zero-order valence-electron chi connectivity index (χ0n) is 21.0. The molecule has 0 N–H and O–H groups in total. The molecule has 2 heterocycles. The van der Waals surface area contributed by atoms with Crippen molar-refractivity contribution in [2.45, 2.75) is 44.9 Å². The second-order valence-electron chi connectivity index (χ2n) is 9.33. The fourth-order valence-electron chi connectivity index (χ4n) is 4.23. The van der Waals surface area contributed by atoms with E-state index in [0.717, 1.165) is 12.1 Å². The Morgan fingerprint density at radius 3 is 2.34 bits per heavy atom. The topological polar surface area (TPSA) is 72.6 Å². The fourth-order valence-corrected chi connectivity index (χ4v) is 4.72. The smallest absolute Gasteiger partial charge is 0.374 e. The highest BCUT2D eigenvalue weighted by atomic mass is 35.5. The van der Waals surface area contributed by atoms with E-state index in [9.17, 15) is 22.4 Å². The first kappa shape index (κ1) is 27.8. The molecule has 0 saturated carbocycles. The summed E-state index contributed by atoms with van der Waals surface area (Å²) in [6, 6.07) is 6.18. The van der Waals surface area contributed by atoms with Gasteiger partial charge in [0.25, 0.3) is 17.5 Å². The molecule has 1 atom stereocenters. The average molecular weight is 572 g/mol. The average Bonchev–Trinajstić information content (AvgIpc) is 3.46. The summed E-state index contributed by atoms with van der Waals surface area (Å²) in [5, 5.41) is 6.87. The molecule has 4 rings (SSSR count). The number of benzene rings is 2. The predicted molar refractivity (Wildman–Crippen MR) is 135 cm³/mol. The standard InChI is InChI=1S/C25H23Cl2F4N5O2/c1-12(2)21-32-23(33-36(21)5)35(4)22(37)16-7-6-14(8-13(16)3)19-11-24(38-34-19,25(29,30)31)15-9-17(26)20(28)18(27)10-15/h6-10,12H,11H2,1-5H3. The zero-order valence-corrected chi connectivity index (χ0v) is 22.5. The van der Waals surface area contributed by atoms with Crippen LogP contribution in [0.3, 0.4) is 0 Å². The number of halogens is 6. The van der Waals surface area contributed by atoms with Gasteiger partial charge < -0.3 is 4.84 Å². The molecule has 0 fully saturated rings. The summed E-state index contributed by atoms with van der Waals surface area (Å²) in [5.74, 6) is -0.380. The number of hydrogen-bond donors (Lipinski definition) is 0. The van der Waals surface area contributed by atoms with Crippen molar-refractivity contribution in [2.75, 3.05) is 11.9 Å². The first-order chi connectivity index (χ1) is 17.7. The van der Waals surface area contributed by atoms with Crippen LogP contribution in [-0.2, 0) is 17.5 Å². The Kier molecular flexibility index (Phi) is 7.22. The van der Waals surface area contributed by atoms with Crippen LogP contribution in [0.2, 0.25) is 10.0 Å². The monoisotopic (exact) mass is 571 g/mol. The van der Waals surface area contributed by atoms with Crippen molar-refractivity contribution in [1.82, 2.24) is 14.8 Å². The molecule has 202 valence electrons. The molecule has 1 unspecified atom stereocenters. The molecule has 7 nitrogen and oxygen atoms in total. The first-order valence-electron chi connectivity index (χ1n) is 11.4. The molecular weight excluding hydrogens is 549 g/mol. The van der Waals surface area contributed by atoms with Crippen molar-refractivity contribution in [1.29, 1.82) is 0 Å². The summed E-state index contributed by atoms with van der Waals surface area (Å²) in [7, 11) is 3.28. The van der Waals surface area contributed by atoms with E-state index in [1.54, 1.807) is 31.8 Å². The molecule has 0 saturated heterocycles. The van der Waals surface area contributed by atoms with Crippen molar-refractivity contribution >= 4 is 40.8 Å². The normalized spacial score (nSPS) is 17.5. The molecule has 2 aromatic carbocycles. The number of hydrogen-bond acceptors (Lipinski definition) is 5. The highest BCUT2D eigenvalue weighted by molar-refractivity contribution is 6.35. The van der Waals surface area contributed by atoms with E-state index in [-0.39, 0.29) is 23.5 Å². The van der Waals surface area contributed by atoms with Gasteiger partial charge in [-0.15, -0.1) is 5.10 Å². The Labute approximate surface area is 226 Å². The van der Waals surface area contributed by atoms with Gasteiger partial charge in [-0.2, -0.15) is 18.2 Å². The van der Waals surface area contributed by atoms with E-state index in [4.69, 9.17) is 28.0 Å². The lowest BCUT2D eigenvalue weighted by Gasteiger charge is -2.29. The number of anilines is 1. The van der Waals surface area contributed by atoms with Gasteiger partial charge in [0.2, 0.25) is 0 Å². The van der Waals surface area contributed by atoms with Crippen LogP contribution in [0.15, 0.2) is 35.5 Å². The van der Waals surface area contributed by atoms with Crippen LogP contribution >= 0.6 is 23.2 Å². The number of aryl methyl sites for hydroxylation is 2. The summed E-state index contributed by atoms with van der Waals surface area (Å²) in [6.45, 7) is 5.57. The second kappa shape index (κ2) is 9.85. The molecule has 1 aliphatic rings. The van der Waals surface area contributed by atoms with E-state index >= 15 is 0 Å². The minimum Gasteiger partial charge on any atom is -0.374 e. The third-order valence-electron chi connectivity index (χ3n) is 6.33. The molecule has 0 aliphatic carbocycles. The SMILES string of the molecule is Cc1cc(C2=NOC(c3cc(Cl)c(F)c(Cl)c3)(C(F)(F)F)C2)ccc1C(=O)N(C)c1nc(C(C)C)n(C)n1. The van der Waals surface area contributed by atoms with Gasteiger partial charge in [-0.05, 0) is 42.3 Å². The number of oxime groups is 1. The number of alkyl halides is 3. The van der Waals surface area contributed by atoms with Crippen molar-refractivity contribution in [3.63, 3.8) is 0 Å². The third-order valence-corrected chi connectivity index (χ3v) is 6.88. The Bertz CT molecular complexity index is 1430. The van der Waals surface area contributed by atoms with Crippen LogP contribution in [0.25, 0.3) is 0 Å². The Balaban J connectivity index is 1.62. The molecule has 0 radical (unpaired) electrons. The van der Waals surface area contributed by atoms with Gasteiger partial charge in [0, 0.05) is 37.6 Å². The maximum Gasteiger partial charge on any atom is 0.435 e. The van der Waals surface area contributed by atoms with Crippen LogP contribution in [-0.4, -0.2) is 39.6 Å². The van der Waals surface area contributed by atoms with Crippen LogP contribution < -0.4 is 4.90 Å². The molecule has 0 bridgehead atoms. The minimum atomic E-state index is -4.93. The predicted octanol–water partition coefficient (Wildman–Crippen LogP) is 6.55. The summed E-state index contributed by atoms with van der Waals surface area (Å²) < 4.78 is 58.4. The first-order valence-corrected chi connectivity index (χ1v) is 12.2. The van der Waals surface area contributed by atoms with Crippen molar-refractivity contribution in [2.24, 2.45) is 12.2 Å². The molecule has 0 spiro atoms. The summed E-state index contributed by atoms with van der Waals surface area (Å²) in [4.78, 5) is 23.9. The van der Waals surface area contributed by atoms with Crippen LogP contribution in [0.4, 0.5) is 23.5 Å². The number of carbonyl (C=O) groups is 1. The van der Waals surface area contributed by atoms with Gasteiger partial charge in [0.05, 0.1) is 15.8 Å². The van der Waals surface area contributed by atoms with E-state index < -0.39 is 39.6 Å². The van der Waals surface area contributed by atoms with Crippen molar-refractivity contribution in [3.05, 3.63) is 74.3 Å². The minimum absolute atomic E-state index is 0.0117. The lowest BCUT2D eigenvalue weighted by Crippen LogP contribution is -2.42.